The summed E-state index contributed by atoms with van der Waals surface area (Å²) in [7, 11) is 0. The number of hydrogen-bond donors (Lipinski definition) is 0. The van der Waals surface area contributed by atoms with E-state index in [2.05, 4.69) is 0 Å². The SMILES string of the molecule is CCOC(=O)C1=C(c2ccccc2)N=c2s/c(=C\c3ccc(Cl)cc3)c(=O)n2[C@@H]1c1ccc(F)cc1. The Morgan fingerprint density at radius 2 is 1.78 bits per heavy atom. The van der Waals surface area contributed by atoms with Crippen LogP contribution in [0.2, 0.25) is 5.02 Å². The van der Waals surface area contributed by atoms with Crippen molar-refractivity contribution in [2.75, 3.05) is 6.61 Å². The number of esters is 1. The first kappa shape index (κ1) is 23.9. The molecule has 1 aliphatic rings. The Hall–Kier alpha value is -3.81. The van der Waals surface area contributed by atoms with E-state index >= 15 is 0 Å². The van der Waals surface area contributed by atoms with Crippen LogP contribution in [0.25, 0.3) is 11.8 Å². The molecule has 5 nitrogen and oxygen atoms in total. The fourth-order valence-electron chi connectivity index (χ4n) is 4.11. The van der Waals surface area contributed by atoms with Crippen LogP contribution < -0.4 is 14.9 Å². The Morgan fingerprint density at radius 3 is 2.44 bits per heavy atom. The van der Waals surface area contributed by atoms with Gasteiger partial charge in [0.1, 0.15) is 5.82 Å². The number of nitrogens with zero attached hydrogens (tertiary/aromatic N) is 2. The molecule has 0 unspecified atom stereocenters. The van der Waals surface area contributed by atoms with Crippen LogP contribution in [-0.2, 0) is 9.53 Å². The molecule has 36 heavy (non-hydrogen) atoms. The Kier molecular flexibility index (Phi) is 6.67. The van der Waals surface area contributed by atoms with Crippen molar-refractivity contribution in [2.24, 2.45) is 4.99 Å². The number of ether oxygens (including phenoxy) is 1. The first-order valence-corrected chi connectivity index (χ1v) is 12.4. The van der Waals surface area contributed by atoms with Gasteiger partial charge in [0.2, 0.25) is 0 Å². The Morgan fingerprint density at radius 1 is 1.08 bits per heavy atom. The first-order valence-electron chi connectivity index (χ1n) is 11.3. The van der Waals surface area contributed by atoms with Crippen LogP contribution in [0.3, 0.4) is 0 Å². The highest BCUT2D eigenvalue weighted by atomic mass is 35.5. The third-order valence-electron chi connectivity index (χ3n) is 5.73. The van der Waals surface area contributed by atoms with E-state index < -0.39 is 17.8 Å². The summed E-state index contributed by atoms with van der Waals surface area (Å²) in [5.41, 5.74) is 2.42. The molecule has 180 valence electrons. The maximum atomic E-state index is 13.8. The summed E-state index contributed by atoms with van der Waals surface area (Å²) in [6.07, 6.45) is 1.76. The van der Waals surface area contributed by atoms with Crippen molar-refractivity contribution in [1.82, 2.24) is 4.57 Å². The number of carbonyl (C=O) groups excluding carboxylic acids is 1. The molecule has 0 aliphatic carbocycles. The van der Waals surface area contributed by atoms with Crippen LogP contribution >= 0.6 is 22.9 Å². The number of fused-ring (bicyclic) bond motifs is 1. The van der Waals surface area contributed by atoms with Gasteiger partial charge in [0.05, 0.1) is 28.5 Å². The Balaban J connectivity index is 1.82. The third-order valence-corrected chi connectivity index (χ3v) is 6.96. The minimum absolute atomic E-state index is 0.154. The molecule has 4 aromatic rings. The van der Waals surface area contributed by atoms with Gasteiger partial charge in [-0.25, -0.2) is 14.2 Å². The quantitative estimate of drug-likeness (QED) is 0.359. The summed E-state index contributed by atoms with van der Waals surface area (Å²) in [6.45, 7) is 1.87. The second-order valence-corrected chi connectivity index (χ2v) is 9.48. The van der Waals surface area contributed by atoms with Crippen LogP contribution in [0.1, 0.15) is 29.7 Å². The molecule has 0 spiro atoms. The largest absolute Gasteiger partial charge is 0.463 e. The van der Waals surface area contributed by atoms with Gasteiger partial charge in [0.15, 0.2) is 4.80 Å². The zero-order valence-corrected chi connectivity index (χ0v) is 20.7. The maximum absolute atomic E-state index is 13.8. The van der Waals surface area contributed by atoms with Crippen molar-refractivity contribution in [3.8, 4) is 0 Å². The minimum atomic E-state index is -0.844. The summed E-state index contributed by atoms with van der Waals surface area (Å²) in [4.78, 5) is 32.3. The van der Waals surface area contributed by atoms with E-state index in [0.29, 0.717) is 31.2 Å². The van der Waals surface area contributed by atoms with Crippen LogP contribution in [-0.4, -0.2) is 17.1 Å². The van der Waals surface area contributed by atoms with Crippen LogP contribution in [0.4, 0.5) is 4.39 Å². The molecule has 0 saturated carbocycles. The van der Waals surface area contributed by atoms with E-state index in [1.165, 1.54) is 28.0 Å². The normalized spacial score (nSPS) is 15.4. The Labute approximate surface area is 215 Å². The van der Waals surface area contributed by atoms with E-state index in [4.69, 9.17) is 21.3 Å². The lowest BCUT2D eigenvalue weighted by molar-refractivity contribution is -0.138. The molecule has 0 amide bonds. The average Bonchev–Trinajstić information content (AvgIpc) is 3.20. The standard InChI is InChI=1S/C28H20ClFN2O3S/c1-2-35-27(34)23-24(18-6-4-3-5-7-18)31-28-32(25(23)19-10-14-21(30)15-11-19)26(33)22(36-28)16-17-8-12-20(29)13-9-17/h3-16,25H,2H2,1H3/b22-16-/t25-/m1/s1. The number of aromatic nitrogens is 1. The summed E-state index contributed by atoms with van der Waals surface area (Å²) in [6, 6.07) is 21.3. The predicted molar refractivity (Wildman–Crippen MR) is 139 cm³/mol. The molecule has 2 heterocycles. The summed E-state index contributed by atoms with van der Waals surface area (Å²) >= 11 is 7.23. The first-order chi connectivity index (χ1) is 17.5. The maximum Gasteiger partial charge on any atom is 0.338 e. The van der Waals surface area contributed by atoms with Crippen molar-refractivity contribution < 1.29 is 13.9 Å². The number of thiazole rings is 1. The second kappa shape index (κ2) is 10.0. The summed E-state index contributed by atoms with van der Waals surface area (Å²) < 4.78 is 21.2. The highest BCUT2D eigenvalue weighted by molar-refractivity contribution is 7.07. The van der Waals surface area contributed by atoms with E-state index in [9.17, 15) is 14.0 Å². The molecule has 1 atom stereocenters. The molecule has 0 fully saturated rings. The minimum Gasteiger partial charge on any atom is -0.463 e. The molecule has 5 rings (SSSR count). The molecular formula is C28H20ClFN2O3S. The van der Waals surface area contributed by atoms with E-state index in [1.807, 2.05) is 42.5 Å². The number of halogens is 2. The number of rotatable bonds is 5. The zero-order chi connectivity index (χ0) is 25.2. The smallest absolute Gasteiger partial charge is 0.338 e. The number of hydrogen-bond acceptors (Lipinski definition) is 5. The van der Waals surface area contributed by atoms with Gasteiger partial charge in [-0.2, -0.15) is 0 Å². The van der Waals surface area contributed by atoms with Gasteiger partial charge < -0.3 is 4.74 Å². The molecule has 0 saturated heterocycles. The zero-order valence-electron chi connectivity index (χ0n) is 19.2. The topological polar surface area (TPSA) is 60.7 Å². The average molecular weight is 519 g/mol. The summed E-state index contributed by atoms with van der Waals surface area (Å²) in [5, 5.41) is 0.594. The van der Waals surface area contributed by atoms with E-state index in [0.717, 1.165) is 5.56 Å². The van der Waals surface area contributed by atoms with Crippen molar-refractivity contribution in [2.45, 2.75) is 13.0 Å². The van der Waals surface area contributed by atoms with Crippen molar-refractivity contribution in [3.05, 3.63) is 132 Å². The van der Waals surface area contributed by atoms with Crippen molar-refractivity contribution in [3.63, 3.8) is 0 Å². The third kappa shape index (κ3) is 4.55. The van der Waals surface area contributed by atoms with E-state index in [-0.39, 0.29) is 17.7 Å². The number of carbonyl (C=O) groups is 1. The predicted octanol–water partition coefficient (Wildman–Crippen LogP) is 4.73. The van der Waals surface area contributed by atoms with E-state index in [1.54, 1.807) is 37.3 Å². The molecule has 1 aromatic heterocycles. The van der Waals surface area contributed by atoms with Crippen LogP contribution in [0, 0.1) is 5.82 Å². The van der Waals surface area contributed by atoms with Gasteiger partial charge in [-0.1, -0.05) is 77.5 Å². The lowest BCUT2D eigenvalue weighted by Crippen LogP contribution is -2.40. The van der Waals surface area contributed by atoms with Gasteiger partial charge in [0, 0.05) is 10.6 Å². The van der Waals surface area contributed by atoms with Crippen LogP contribution in [0.15, 0.2) is 94.2 Å². The highest BCUT2D eigenvalue weighted by Gasteiger charge is 2.35. The molecule has 8 heteroatoms. The van der Waals surface area contributed by atoms with Crippen molar-refractivity contribution >= 4 is 40.7 Å². The van der Waals surface area contributed by atoms with Gasteiger partial charge in [-0.3, -0.25) is 9.36 Å². The molecular weight excluding hydrogens is 499 g/mol. The lowest BCUT2D eigenvalue weighted by atomic mass is 9.93. The molecule has 0 bridgehead atoms. The molecule has 3 aromatic carbocycles. The second-order valence-electron chi connectivity index (χ2n) is 8.03. The fourth-order valence-corrected chi connectivity index (χ4v) is 5.24. The van der Waals surface area contributed by atoms with Crippen LogP contribution in [0.5, 0.6) is 0 Å². The lowest BCUT2D eigenvalue weighted by Gasteiger charge is -2.25. The highest BCUT2D eigenvalue weighted by Crippen LogP contribution is 2.35. The summed E-state index contributed by atoms with van der Waals surface area (Å²) in [5.74, 6) is -1.000. The monoisotopic (exact) mass is 518 g/mol. The van der Waals surface area contributed by atoms with Gasteiger partial charge in [0.25, 0.3) is 5.56 Å². The fraction of sp³-hybridized carbons (Fsp3) is 0.107. The molecule has 0 N–H and O–H groups in total. The molecule has 0 radical (unpaired) electrons. The Bertz CT molecular complexity index is 1640. The van der Waals surface area contributed by atoms with Gasteiger partial charge >= 0.3 is 5.97 Å². The van der Waals surface area contributed by atoms with Gasteiger partial charge in [-0.05, 0) is 48.4 Å². The molecule has 1 aliphatic heterocycles. The van der Waals surface area contributed by atoms with Crippen molar-refractivity contribution in [1.29, 1.82) is 0 Å². The number of benzene rings is 3. The van der Waals surface area contributed by atoms with Gasteiger partial charge in [-0.15, -0.1) is 0 Å².